The molecule has 0 spiro atoms. The van der Waals surface area contributed by atoms with E-state index in [4.69, 9.17) is 21.7 Å². The molecule has 0 aliphatic heterocycles. The number of methoxy groups -OCH3 is 1. The third-order valence-electron chi connectivity index (χ3n) is 6.08. The van der Waals surface area contributed by atoms with Gasteiger partial charge in [-0.1, -0.05) is 18.9 Å². The zero-order valence-corrected chi connectivity index (χ0v) is 20.5. The van der Waals surface area contributed by atoms with Crippen molar-refractivity contribution in [3.63, 3.8) is 0 Å². The summed E-state index contributed by atoms with van der Waals surface area (Å²) in [5.74, 6) is 0.847. The van der Waals surface area contributed by atoms with Crippen LogP contribution < -0.4 is 10.1 Å². The molecule has 1 aromatic carbocycles. The second-order valence-electron chi connectivity index (χ2n) is 8.54. The molecule has 1 aliphatic rings. The molecule has 0 amide bonds. The highest BCUT2D eigenvalue weighted by Crippen LogP contribution is 2.25. The summed E-state index contributed by atoms with van der Waals surface area (Å²) in [4.78, 5) is 4.52. The normalized spacial score (nSPS) is 18.6. The quantitative estimate of drug-likeness (QED) is 0.250. The number of thiocarbonyl (C=S) groups is 1. The first-order valence-corrected chi connectivity index (χ1v) is 12.0. The number of rotatable bonds is 13. The van der Waals surface area contributed by atoms with Crippen LogP contribution in [0.15, 0.2) is 36.9 Å². The van der Waals surface area contributed by atoms with Gasteiger partial charge in [-0.25, -0.2) is 0 Å². The van der Waals surface area contributed by atoms with Crippen LogP contribution in [0.25, 0.3) is 0 Å². The Bertz CT molecular complexity index is 645. The van der Waals surface area contributed by atoms with E-state index in [2.05, 4.69) is 35.8 Å². The van der Waals surface area contributed by atoms with Crippen LogP contribution >= 0.6 is 12.2 Å². The summed E-state index contributed by atoms with van der Waals surface area (Å²) < 4.78 is 11.4. The minimum atomic E-state index is 0.409. The van der Waals surface area contributed by atoms with Crippen molar-refractivity contribution in [2.24, 2.45) is 0 Å². The molecule has 0 atom stereocenters. The Morgan fingerprint density at radius 2 is 1.77 bits per heavy atom. The fourth-order valence-corrected chi connectivity index (χ4v) is 4.32. The molecule has 174 valence electrons. The molecule has 0 bridgehead atoms. The van der Waals surface area contributed by atoms with Gasteiger partial charge in [-0.15, -0.1) is 6.58 Å². The lowest BCUT2D eigenvalue weighted by Crippen LogP contribution is -2.42. The molecule has 1 saturated carbocycles. The van der Waals surface area contributed by atoms with Crippen LogP contribution in [0.4, 0.5) is 5.69 Å². The first kappa shape index (κ1) is 25.6. The number of ether oxygens (including phenoxy) is 2. The Labute approximate surface area is 194 Å². The number of anilines is 1. The summed E-state index contributed by atoms with van der Waals surface area (Å²) in [7, 11) is 5.92. The number of nitrogens with zero attached hydrogens (tertiary/aromatic N) is 2. The second kappa shape index (κ2) is 14.4. The Morgan fingerprint density at radius 3 is 2.42 bits per heavy atom. The third-order valence-corrected chi connectivity index (χ3v) is 6.47. The van der Waals surface area contributed by atoms with Gasteiger partial charge >= 0.3 is 0 Å². The van der Waals surface area contributed by atoms with Gasteiger partial charge in [0.1, 0.15) is 5.75 Å². The lowest BCUT2D eigenvalue weighted by atomic mass is 9.92. The number of benzene rings is 1. The molecule has 31 heavy (non-hydrogen) atoms. The zero-order chi connectivity index (χ0) is 22.5. The van der Waals surface area contributed by atoms with Gasteiger partial charge in [-0.05, 0) is 88.6 Å². The highest BCUT2D eigenvalue weighted by atomic mass is 32.1. The number of hydrogen-bond donors (Lipinski definition) is 1. The van der Waals surface area contributed by atoms with Crippen LogP contribution in [-0.4, -0.2) is 68.0 Å². The third kappa shape index (κ3) is 9.58. The first-order valence-electron chi connectivity index (χ1n) is 11.6. The van der Waals surface area contributed by atoms with E-state index in [-0.39, 0.29) is 0 Å². The Kier molecular flexibility index (Phi) is 11.9. The molecule has 5 nitrogen and oxygen atoms in total. The van der Waals surface area contributed by atoms with E-state index >= 15 is 0 Å². The van der Waals surface area contributed by atoms with Gasteiger partial charge in [0.2, 0.25) is 0 Å². The van der Waals surface area contributed by atoms with Gasteiger partial charge in [0.25, 0.3) is 0 Å². The van der Waals surface area contributed by atoms with Crippen LogP contribution in [-0.2, 0) is 4.74 Å². The fourth-order valence-electron chi connectivity index (χ4n) is 4.05. The highest BCUT2D eigenvalue weighted by Gasteiger charge is 2.25. The van der Waals surface area contributed by atoms with Crippen molar-refractivity contribution in [3.8, 4) is 5.75 Å². The van der Waals surface area contributed by atoms with Crippen molar-refractivity contribution in [2.75, 3.05) is 46.2 Å². The van der Waals surface area contributed by atoms with Gasteiger partial charge in [-0.3, -0.25) is 0 Å². The van der Waals surface area contributed by atoms with Crippen LogP contribution in [0.5, 0.6) is 5.75 Å². The molecule has 1 aromatic rings. The largest absolute Gasteiger partial charge is 0.497 e. The molecular weight excluding hydrogens is 406 g/mol. The van der Waals surface area contributed by atoms with E-state index in [9.17, 15) is 0 Å². The summed E-state index contributed by atoms with van der Waals surface area (Å²) >= 11 is 5.63. The SMILES string of the molecule is C=CCN(C)CCCCCCOC1CCC(N(C)C(=S)Nc2ccc(OC)cc2)CC1. The number of nitrogens with one attached hydrogen (secondary N) is 1. The van der Waals surface area contributed by atoms with E-state index < -0.39 is 0 Å². The summed E-state index contributed by atoms with van der Waals surface area (Å²) in [6.07, 6.45) is 11.8. The minimum absolute atomic E-state index is 0.409. The second-order valence-corrected chi connectivity index (χ2v) is 8.92. The predicted octanol–water partition coefficient (Wildman–Crippen LogP) is 5.33. The molecule has 0 aromatic heterocycles. The van der Waals surface area contributed by atoms with E-state index in [0.29, 0.717) is 12.1 Å². The molecule has 2 rings (SSSR count). The number of likely N-dealkylation sites (N-methyl/N-ethyl adjacent to an activating group) is 1. The van der Waals surface area contributed by atoms with Gasteiger partial charge in [-0.2, -0.15) is 0 Å². The molecule has 0 saturated heterocycles. The summed E-state index contributed by atoms with van der Waals surface area (Å²) in [5.41, 5.74) is 0.988. The van der Waals surface area contributed by atoms with Gasteiger partial charge in [0.05, 0.1) is 13.2 Å². The molecule has 0 heterocycles. The fraction of sp³-hybridized carbons (Fsp3) is 0.640. The average Bonchev–Trinajstić information content (AvgIpc) is 2.79. The topological polar surface area (TPSA) is 37.0 Å². The molecule has 1 fully saturated rings. The van der Waals surface area contributed by atoms with Crippen molar-refractivity contribution in [2.45, 2.75) is 63.5 Å². The summed E-state index contributed by atoms with van der Waals surface area (Å²) in [6, 6.07) is 8.33. The Morgan fingerprint density at radius 1 is 1.10 bits per heavy atom. The Hall–Kier alpha value is -1.63. The zero-order valence-electron chi connectivity index (χ0n) is 19.6. The van der Waals surface area contributed by atoms with Crippen molar-refractivity contribution >= 4 is 23.0 Å². The maximum Gasteiger partial charge on any atom is 0.173 e. The highest BCUT2D eigenvalue weighted by molar-refractivity contribution is 7.80. The van der Waals surface area contributed by atoms with Crippen molar-refractivity contribution < 1.29 is 9.47 Å². The maximum atomic E-state index is 6.15. The number of hydrogen-bond acceptors (Lipinski definition) is 4. The lowest BCUT2D eigenvalue weighted by molar-refractivity contribution is 0.0149. The van der Waals surface area contributed by atoms with Crippen molar-refractivity contribution in [1.29, 1.82) is 0 Å². The van der Waals surface area contributed by atoms with Gasteiger partial charge in [0, 0.05) is 31.9 Å². The monoisotopic (exact) mass is 447 g/mol. The summed E-state index contributed by atoms with van der Waals surface area (Å²) in [5, 5.41) is 4.11. The van der Waals surface area contributed by atoms with Gasteiger partial charge in [0.15, 0.2) is 5.11 Å². The summed E-state index contributed by atoms with van der Waals surface area (Å²) in [6.45, 7) is 6.81. The van der Waals surface area contributed by atoms with Gasteiger partial charge < -0.3 is 24.6 Å². The molecule has 6 heteroatoms. The smallest absolute Gasteiger partial charge is 0.173 e. The van der Waals surface area contributed by atoms with Crippen molar-refractivity contribution in [1.82, 2.24) is 9.80 Å². The van der Waals surface area contributed by atoms with Crippen LogP contribution in [0.1, 0.15) is 51.4 Å². The minimum Gasteiger partial charge on any atom is -0.497 e. The lowest BCUT2D eigenvalue weighted by Gasteiger charge is -2.36. The predicted molar refractivity (Wildman–Crippen MR) is 135 cm³/mol. The molecular formula is C25H41N3O2S. The van der Waals surface area contributed by atoms with Crippen LogP contribution in [0, 0.1) is 0 Å². The van der Waals surface area contributed by atoms with E-state index in [1.165, 1.54) is 25.7 Å². The molecule has 1 N–H and O–H groups in total. The van der Waals surface area contributed by atoms with E-state index in [1.807, 2.05) is 30.3 Å². The molecule has 0 radical (unpaired) electrons. The Balaban J connectivity index is 1.56. The standard InChI is InChI=1S/C25H41N3O2S/c1-5-18-27(2)19-8-6-7-9-20-30-24-16-12-22(13-17-24)28(3)25(31)26-21-10-14-23(29-4)15-11-21/h5,10-11,14-15,22,24H,1,6-9,12-13,16-20H2,2-4H3,(H,26,31). The average molecular weight is 448 g/mol. The van der Waals surface area contributed by atoms with E-state index in [1.54, 1.807) is 7.11 Å². The first-order chi connectivity index (χ1) is 15.0. The molecule has 1 aliphatic carbocycles. The maximum absolute atomic E-state index is 6.15. The van der Waals surface area contributed by atoms with Crippen molar-refractivity contribution in [3.05, 3.63) is 36.9 Å². The van der Waals surface area contributed by atoms with E-state index in [0.717, 1.165) is 61.9 Å². The van der Waals surface area contributed by atoms with Crippen LogP contribution in [0.3, 0.4) is 0 Å². The molecule has 0 unspecified atom stereocenters. The number of unbranched alkanes of at least 4 members (excludes halogenated alkanes) is 3. The van der Waals surface area contributed by atoms with Crippen LogP contribution in [0.2, 0.25) is 0 Å².